The zero-order valence-electron chi connectivity index (χ0n) is 14.3. The molecule has 1 unspecified atom stereocenters. The number of nitrogens with one attached hydrogen (secondary N) is 2. The van der Waals surface area contributed by atoms with Gasteiger partial charge >= 0.3 is 0 Å². The first kappa shape index (κ1) is 21.2. The summed E-state index contributed by atoms with van der Waals surface area (Å²) in [5, 5.41) is 7.44. The van der Waals surface area contributed by atoms with Crippen LogP contribution in [0.15, 0.2) is 41.8 Å². The van der Waals surface area contributed by atoms with Gasteiger partial charge in [-0.15, -0.1) is 23.7 Å². The molecule has 1 aromatic heterocycles. The normalized spacial score (nSPS) is 11.5. The minimum absolute atomic E-state index is 0. The SMILES string of the molecule is CC(C)c1ccc(C(NC(=O)CNC(=O)CN)c2cccs2)cc1.Cl. The zero-order chi connectivity index (χ0) is 17.5. The molecule has 0 aliphatic rings. The third-order valence-electron chi connectivity index (χ3n) is 3.70. The monoisotopic (exact) mass is 381 g/mol. The lowest BCUT2D eigenvalue weighted by atomic mass is 9.98. The molecule has 1 aromatic carbocycles. The fraction of sp³-hybridized carbons (Fsp3) is 0.333. The van der Waals surface area contributed by atoms with E-state index in [1.165, 1.54) is 5.56 Å². The fourth-order valence-electron chi connectivity index (χ4n) is 2.31. The van der Waals surface area contributed by atoms with Gasteiger partial charge in [-0.25, -0.2) is 0 Å². The van der Waals surface area contributed by atoms with Gasteiger partial charge in [0, 0.05) is 4.88 Å². The number of amides is 2. The van der Waals surface area contributed by atoms with Crippen molar-refractivity contribution < 1.29 is 9.59 Å². The first-order valence-corrected chi connectivity index (χ1v) is 8.78. The lowest BCUT2D eigenvalue weighted by Crippen LogP contribution is -2.40. The van der Waals surface area contributed by atoms with Crippen LogP contribution in [0, 0.1) is 0 Å². The van der Waals surface area contributed by atoms with Crippen LogP contribution < -0.4 is 16.4 Å². The molecule has 136 valence electrons. The number of halogens is 1. The average molecular weight is 382 g/mol. The second-order valence-corrected chi connectivity index (χ2v) is 6.80. The van der Waals surface area contributed by atoms with E-state index >= 15 is 0 Å². The summed E-state index contributed by atoms with van der Waals surface area (Å²) in [4.78, 5) is 24.4. The van der Waals surface area contributed by atoms with Gasteiger partial charge in [0.05, 0.1) is 19.1 Å². The van der Waals surface area contributed by atoms with Gasteiger partial charge in [0.15, 0.2) is 0 Å². The van der Waals surface area contributed by atoms with Crippen LogP contribution in [-0.2, 0) is 9.59 Å². The Labute approximate surface area is 158 Å². The zero-order valence-corrected chi connectivity index (χ0v) is 16.0. The Hall–Kier alpha value is -1.89. The standard InChI is InChI=1S/C18H23N3O2S.ClH/c1-12(2)13-5-7-14(8-6-13)18(15-4-3-9-24-15)21-17(23)11-20-16(22)10-19;/h3-9,12,18H,10-11,19H2,1-2H3,(H,20,22)(H,21,23);1H. The summed E-state index contributed by atoms with van der Waals surface area (Å²) in [6.07, 6.45) is 0. The molecule has 1 atom stereocenters. The summed E-state index contributed by atoms with van der Waals surface area (Å²) < 4.78 is 0. The van der Waals surface area contributed by atoms with Gasteiger partial charge in [0.25, 0.3) is 0 Å². The van der Waals surface area contributed by atoms with E-state index in [0.717, 1.165) is 10.4 Å². The first-order valence-electron chi connectivity index (χ1n) is 7.90. The molecule has 1 heterocycles. The van der Waals surface area contributed by atoms with Crippen LogP contribution in [0.1, 0.15) is 41.8 Å². The summed E-state index contributed by atoms with van der Waals surface area (Å²) in [5.41, 5.74) is 7.49. The summed E-state index contributed by atoms with van der Waals surface area (Å²) in [7, 11) is 0. The topological polar surface area (TPSA) is 84.2 Å². The van der Waals surface area contributed by atoms with Crippen LogP contribution in [0.5, 0.6) is 0 Å². The molecule has 2 amide bonds. The van der Waals surface area contributed by atoms with Crippen molar-refractivity contribution in [3.63, 3.8) is 0 Å². The van der Waals surface area contributed by atoms with Crippen LogP contribution in [0.3, 0.4) is 0 Å². The minimum Gasteiger partial charge on any atom is -0.346 e. The highest BCUT2D eigenvalue weighted by Crippen LogP contribution is 2.27. The van der Waals surface area contributed by atoms with Crippen molar-refractivity contribution in [3.05, 3.63) is 57.8 Å². The summed E-state index contributed by atoms with van der Waals surface area (Å²) in [5.74, 6) is -0.137. The van der Waals surface area contributed by atoms with Crippen LogP contribution in [-0.4, -0.2) is 24.9 Å². The average Bonchev–Trinajstić information content (AvgIpc) is 3.11. The number of nitrogens with two attached hydrogens (primary N) is 1. The smallest absolute Gasteiger partial charge is 0.240 e. The maximum Gasteiger partial charge on any atom is 0.240 e. The number of thiophene rings is 1. The highest BCUT2D eigenvalue weighted by molar-refractivity contribution is 7.10. The van der Waals surface area contributed by atoms with E-state index in [0.29, 0.717) is 5.92 Å². The molecule has 4 N–H and O–H groups in total. The van der Waals surface area contributed by atoms with Crippen LogP contribution in [0.4, 0.5) is 0 Å². The molecule has 2 rings (SSSR count). The highest BCUT2D eigenvalue weighted by Gasteiger charge is 2.18. The third kappa shape index (κ3) is 6.16. The second kappa shape index (κ2) is 10.2. The molecular weight excluding hydrogens is 358 g/mol. The van der Waals surface area contributed by atoms with Gasteiger partial charge in [-0.05, 0) is 28.5 Å². The molecule has 7 heteroatoms. The van der Waals surface area contributed by atoms with E-state index in [1.54, 1.807) is 11.3 Å². The molecule has 0 radical (unpaired) electrons. The molecule has 0 saturated carbocycles. The Morgan fingerprint density at radius 1 is 1.08 bits per heavy atom. The quantitative estimate of drug-likeness (QED) is 0.689. The first-order chi connectivity index (χ1) is 11.5. The molecule has 0 saturated heterocycles. The lowest BCUT2D eigenvalue weighted by Gasteiger charge is -2.19. The van der Waals surface area contributed by atoms with Crippen LogP contribution >= 0.6 is 23.7 Å². The van der Waals surface area contributed by atoms with E-state index in [1.807, 2.05) is 29.6 Å². The molecule has 25 heavy (non-hydrogen) atoms. The van der Waals surface area contributed by atoms with Crippen molar-refractivity contribution in [1.29, 1.82) is 0 Å². The number of hydrogen-bond donors (Lipinski definition) is 3. The van der Waals surface area contributed by atoms with Crippen molar-refractivity contribution >= 4 is 35.6 Å². The van der Waals surface area contributed by atoms with Crippen LogP contribution in [0.25, 0.3) is 0 Å². The third-order valence-corrected chi connectivity index (χ3v) is 4.64. The number of hydrogen-bond acceptors (Lipinski definition) is 4. The maximum absolute atomic E-state index is 12.2. The Bertz CT molecular complexity index is 672. The van der Waals surface area contributed by atoms with Gasteiger partial charge in [-0.3, -0.25) is 9.59 Å². The predicted molar refractivity (Wildman–Crippen MR) is 104 cm³/mol. The van der Waals surface area contributed by atoms with Gasteiger partial charge in [-0.1, -0.05) is 44.2 Å². The van der Waals surface area contributed by atoms with Crippen molar-refractivity contribution in [2.75, 3.05) is 13.1 Å². The largest absolute Gasteiger partial charge is 0.346 e. The van der Waals surface area contributed by atoms with Crippen molar-refractivity contribution in [2.45, 2.75) is 25.8 Å². The Morgan fingerprint density at radius 2 is 1.72 bits per heavy atom. The minimum atomic E-state index is -0.348. The fourth-order valence-corrected chi connectivity index (χ4v) is 3.11. The molecule has 5 nitrogen and oxygen atoms in total. The number of carbonyl (C=O) groups excluding carboxylic acids is 2. The van der Waals surface area contributed by atoms with E-state index in [9.17, 15) is 9.59 Å². The summed E-state index contributed by atoms with van der Waals surface area (Å²) in [6, 6.07) is 12.0. The van der Waals surface area contributed by atoms with Gasteiger partial charge in [0.2, 0.25) is 11.8 Å². The summed E-state index contributed by atoms with van der Waals surface area (Å²) >= 11 is 1.59. The lowest BCUT2D eigenvalue weighted by molar-refractivity contribution is -0.125. The molecule has 0 bridgehead atoms. The van der Waals surface area contributed by atoms with Gasteiger partial charge in [-0.2, -0.15) is 0 Å². The molecule has 0 aliphatic heterocycles. The van der Waals surface area contributed by atoms with Crippen molar-refractivity contribution in [3.8, 4) is 0 Å². The van der Waals surface area contributed by atoms with Gasteiger partial charge < -0.3 is 16.4 Å². The summed E-state index contributed by atoms with van der Waals surface area (Å²) in [6.45, 7) is 4.08. The predicted octanol–water partition coefficient (Wildman–Crippen LogP) is 2.57. The van der Waals surface area contributed by atoms with E-state index in [2.05, 4.69) is 36.6 Å². The van der Waals surface area contributed by atoms with Crippen molar-refractivity contribution in [2.24, 2.45) is 5.73 Å². The second-order valence-electron chi connectivity index (χ2n) is 5.82. The molecule has 0 aliphatic carbocycles. The Kier molecular flexibility index (Phi) is 8.61. The van der Waals surface area contributed by atoms with Crippen molar-refractivity contribution in [1.82, 2.24) is 10.6 Å². The molecule has 2 aromatic rings. The molecular formula is C18H24ClN3O2S. The van der Waals surface area contributed by atoms with E-state index < -0.39 is 0 Å². The molecule has 0 spiro atoms. The Morgan fingerprint density at radius 3 is 2.24 bits per heavy atom. The highest BCUT2D eigenvalue weighted by atomic mass is 35.5. The number of benzene rings is 1. The van der Waals surface area contributed by atoms with Crippen LogP contribution in [0.2, 0.25) is 0 Å². The Balaban J connectivity index is 0.00000312. The number of carbonyl (C=O) groups is 2. The van der Waals surface area contributed by atoms with E-state index in [-0.39, 0.29) is 43.4 Å². The maximum atomic E-state index is 12.2. The molecule has 0 fully saturated rings. The van der Waals surface area contributed by atoms with Gasteiger partial charge in [0.1, 0.15) is 0 Å². The number of rotatable bonds is 7. The van der Waals surface area contributed by atoms with E-state index in [4.69, 9.17) is 5.73 Å².